The van der Waals surface area contributed by atoms with Crippen LogP contribution < -0.4 is 5.11 Å². The van der Waals surface area contributed by atoms with E-state index in [0.29, 0.717) is 0 Å². The summed E-state index contributed by atoms with van der Waals surface area (Å²) in [6.07, 6.45) is 0.00398. The molecule has 0 amide bonds. The predicted molar refractivity (Wildman–Crippen MR) is 50.5 cm³/mol. The third-order valence-corrected chi connectivity index (χ3v) is 2.91. The first-order valence-corrected chi connectivity index (χ1v) is 4.80. The topological polar surface area (TPSA) is 40.1 Å². The molecule has 0 unspecified atom stereocenters. The number of benzene rings is 1. The van der Waals surface area contributed by atoms with Gasteiger partial charge in [-0.2, -0.15) is 0 Å². The zero-order valence-electron chi connectivity index (χ0n) is 6.82. The van der Waals surface area contributed by atoms with Crippen LogP contribution in [0.3, 0.4) is 0 Å². The van der Waals surface area contributed by atoms with Crippen LogP contribution in [0.5, 0.6) is 0 Å². The van der Waals surface area contributed by atoms with E-state index < -0.39 is 5.97 Å². The number of aliphatic carboxylic acids is 1. The molecule has 0 aliphatic heterocycles. The van der Waals surface area contributed by atoms with Crippen LogP contribution >= 0.6 is 11.3 Å². The second-order valence-electron chi connectivity index (χ2n) is 2.81. The van der Waals surface area contributed by atoms with Crippen LogP contribution in [0.1, 0.15) is 5.56 Å². The lowest BCUT2D eigenvalue weighted by Crippen LogP contribution is -2.24. The summed E-state index contributed by atoms with van der Waals surface area (Å²) in [5.41, 5.74) is 0.848. The van der Waals surface area contributed by atoms with Crippen molar-refractivity contribution in [2.45, 2.75) is 6.42 Å². The number of carboxylic acids is 1. The van der Waals surface area contributed by atoms with Gasteiger partial charge in [-0.15, -0.1) is 11.3 Å². The summed E-state index contributed by atoms with van der Waals surface area (Å²) in [5.74, 6) is -1.02. The molecule has 1 aromatic heterocycles. The molecule has 1 aromatic carbocycles. The van der Waals surface area contributed by atoms with E-state index in [1.165, 1.54) is 0 Å². The fourth-order valence-electron chi connectivity index (χ4n) is 1.33. The molecular formula is C10H7O2S-. The number of rotatable bonds is 2. The highest BCUT2D eigenvalue weighted by Crippen LogP contribution is 2.25. The number of carboxylic acid groups (broad SMARTS) is 1. The van der Waals surface area contributed by atoms with Crippen molar-refractivity contribution in [3.05, 3.63) is 35.2 Å². The van der Waals surface area contributed by atoms with Gasteiger partial charge in [0.05, 0.1) is 0 Å². The lowest BCUT2D eigenvalue weighted by molar-refractivity contribution is -0.304. The standard InChI is InChI=1S/C10H8O2S/c11-10(12)5-7-6-13-9-4-2-1-3-8(7)9/h1-4,6H,5H2,(H,11,12)/p-1. The molecular weight excluding hydrogens is 184 g/mol. The van der Waals surface area contributed by atoms with Crippen molar-refractivity contribution in [1.29, 1.82) is 0 Å². The smallest absolute Gasteiger partial charge is 0.0458 e. The Kier molecular flexibility index (Phi) is 2.02. The van der Waals surface area contributed by atoms with Crippen molar-refractivity contribution < 1.29 is 9.90 Å². The van der Waals surface area contributed by atoms with Gasteiger partial charge in [-0.1, -0.05) is 18.2 Å². The minimum absolute atomic E-state index is 0.00398. The molecule has 0 aliphatic rings. The van der Waals surface area contributed by atoms with Gasteiger partial charge in [0.2, 0.25) is 0 Å². The first-order valence-electron chi connectivity index (χ1n) is 3.92. The van der Waals surface area contributed by atoms with Crippen molar-refractivity contribution in [1.82, 2.24) is 0 Å². The Balaban J connectivity index is 2.51. The Labute approximate surface area is 79.4 Å². The van der Waals surface area contributed by atoms with Crippen LogP contribution in [-0.2, 0) is 11.2 Å². The van der Waals surface area contributed by atoms with E-state index in [2.05, 4.69) is 0 Å². The predicted octanol–water partition coefficient (Wildman–Crippen LogP) is 1.19. The molecule has 2 aromatic rings. The fraction of sp³-hybridized carbons (Fsp3) is 0.100. The Morgan fingerprint density at radius 1 is 1.38 bits per heavy atom. The van der Waals surface area contributed by atoms with Crippen LogP contribution in [0.2, 0.25) is 0 Å². The summed E-state index contributed by atoms with van der Waals surface area (Å²) in [7, 11) is 0. The molecule has 0 saturated carbocycles. The fourth-order valence-corrected chi connectivity index (χ4v) is 2.29. The number of fused-ring (bicyclic) bond motifs is 1. The van der Waals surface area contributed by atoms with E-state index in [4.69, 9.17) is 0 Å². The molecule has 13 heavy (non-hydrogen) atoms. The minimum Gasteiger partial charge on any atom is -0.550 e. The van der Waals surface area contributed by atoms with Crippen molar-refractivity contribution in [2.75, 3.05) is 0 Å². The van der Waals surface area contributed by atoms with Gasteiger partial charge in [0.15, 0.2) is 0 Å². The van der Waals surface area contributed by atoms with Crippen LogP contribution in [-0.4, -0.2) is 5.97 Å². The SMILES string of the molecule is O=C([O-])Cc1csc2ccccc12. The van der Waals surface area contributed by atoms with Gasteiger partial charge in [0.25, 0.3) is 0 Å². The first kappa shape index (κ1) is 8.26. The van der Waals surface area contributed by atoms with E-state index in [1.807, 2.05) is 29.6 Å². The van der Waals surface area contributed by atoms with Gasteiger partial charge in [-0.25, -0.2) is 0 Å². The second kappa shape index (κ2) is 3.18. The molecule has 2 rings (SSSR count). The lowest BCUT2D eigenvalue weighted by Gasteiger charge is -1.99. The summed E-state index contributed by atoms with van der Waals surface area (Å²) in [6.45, 7) is 0. The van der Waals surface area contributed by atoms with Gasteiger partial charge in [0, 0.05) is 17.1 Å². The van der Waals surface area contributed by atoms with Gasteiger partial charge >= 0.3 is 0 Å². The Morgan fingerprint density at radius 2 is 2.15 bits per heavy atom. The number of carbonyl (C=O) groups is 1. The van der Waals surface area contributed by atoms with E-state index in [-0.39, 0.29) is 6.42 Å². The van der Waals surface area contributed by atoms with Crippen LogP contribution in [0, 0.1) is 0 Å². The van der Waals surface area contributed by atoms with E-state index >= 15 is 0 Å². The monoisotopic (exact) mass is 191 g/mol. The molecule has 2 nitrogen and oxygen atoms in total. The Morgan fingerprint density at radius 3 is 2.92 bits per heavy atom. The molecule has 66 valence electrons. The maximum Gasteiger partial charge on any atom is 0.0458 e. The van der Waals surface area contributed by atoms with Crippen LogP contribution in [0.15, 0.2) is 29.6 Å². The molecule has 0 spiro atoms. The summed E-state index contributed by atoms with van der Waals surface area (Å²) < 4.78 is 1.12. The largest absolute Gasteiger partial charge is 0.550 e. The van der Waals surface area contributed by atoms with E-state index in [0.717, 1.165) is 15.6 Å². The maximum absolute atomic E-state index is 10.4. The van der Waals surface area contributed by atoms with Gasteiger partial charge in [0.1, 0.15) is 0 Å². The molecule has 1 heterocycles. The molecule has 0 saturated heterocycles. The molecule has 0 aliphatic carbocycles. The van der Waals surface area contributed by atoms with Crippen LogP contribution in [0.25, 0.3) is 10.1 Å². The van der Waals surface area contributed by atoms with E-state index in [1.54, 1.807) is 11.3 Å². The molecule has 0 N–H and O–H groups in total. The molecule has 0 fully saturated rings. The summed E-state index contributed by atoms with van der Waals surface area (Å²) >= 11 is 1.56. The van der Waals surface area contributed by atoms with Crippen LogP contribution in [0.4, 0.5) is 0 Å². The number of thiophene rings is 1. The number of hydrogen-bond donors (Lipinski definition) is 0. The molecule has 0 bridgehead atoms. The molecule has 3 heteroatoms. The second-order valence-corrected chi connectivity index (χ2v) is 3.72. The first-order chi connectivity index (χ1) is 6.27. The van der Waals surface area contributed by atoms with Gasteiger partial charge in [-0.3, -0.25) is 0 Å². The van der Waals surface area contributed by atoms with E-state index in [9.17, 15) is 9.90 Å². The summed E-state index contributed by atoms with van der Waals surface area (Å²) in [4.78, 5) is 10.4. The highest BCUT2D eigenvalue weighted by atomic mass is 32.1. The quantitative estimate of drug-likeness (QED) is 0.715. The third-order valence-electron chi connectivity index (χ3n) is 1.90. The van der Waals surface area contributed by atoms with Gasteiger partial charge < -0.3 is 9.90 Å². The highest BCUT2D eigenvalue weighted by Gasteiger charge is 2.02. The van der Waals surface area contributed by atoms with Crippen molar-refractivity contribution in [3.63, 3.8) is 0 Å². The summed E-state index contributed by atoms with van der Waals surface area (Å²) in [6, 6.07) is 7.78. The maximum atomic E-state index is 10.4. The zero-order valence-corrected chi connectivity index (χ0v) is 7.64. The lowest BCUT2D eigenvalue weighted by atomic mass is 10.1. The van der Waals surface area contributed by atoms with Crippen molar-refractivity contribution >= 4 is 27.4 Å². The summed E-state index contributed by atoms with van der Waals surface area (Å²) in [5, 5.41) is 13.3. The third kappa shape index (κ3) is 1.55. The zero-order chi connectivity index (χ0) is 9.26. The average Bonchev–Trinajstić information content (AvgIpc) is 2.48. The molecule has 0 radical (unpaired) electrons. The number of carbonyl (C=O) groups excluding carboxylic acids is 1. The molecule has 0 atom stereocenters. The van der Waals surface area contributed by atoms with Crippen molar-refractivity contribution in [2.24, 2.45) is 0 Å². The minimum atomic E-state index is -1.02. The Bertz CT molecular complexity index is 445. The normalized spacial score (nSPS) is 10.5. The number of hydrogen-bond acceptors (Lipinski definition) is 3. The van der Waals surface area contributed by atoms with Gasteiger partial charge in [-0.05, 0) is 22.4 Å². The van der Waals surface area contributed by atoms with Crippen molar-refractivity contribution in [3.8, 4) is 0 Å². The highest BCUT2D eigenvalue weighted by molar-refractivity contribution is 7.17. The Hall–Kier alpha value is -1.35. The average molecular weight is 191 g/mol.